The number of hydrogen-bond acceptors (Lipinski definition) is 0. The van der Waals surface area contributed by atoms with Gasteiger partial charge in [-0.2, -0.15) is 52.7 Å². The highest BCUT2D eigenvalue weighted by Gasteiger charge is 2.90. The van der Waals surface area contributed by atoms with Gasteiger partial charge in [0.1, 0.15) is 0 Å². The number of halogens is 12. The van der Waals surface area contributed by atoms with Crippen molar-refractivity contribution in [1.82, 2.24) is 0 Å². The third-order valence-corrected chi connectivity index (χ3v) is 2.52. The molecule has 0 saturated heterocycles. The zero-order chi connectivity index (χ0) is 16.4. The second kappa shape index (κ2) is 3.75. The summed E-state index contributed by atoms with van der Waals surface area (Å²) in [6.45, 7) is 0. The molecule has 0 aromatic carbocycles. The van der Waals surface area contributed by atoms with Crippen molar-refractivity contribution in [3.8, 4) is 0 Å². The minimum Gasteiger partial charge on any atom is -0.195 e. The molecule has 0 unspecified atom stereocenters. The molecule has 12 heteroatoms. The molecule has 0 bridgehead atoms. The van der Waals surface area contributed by atoms with E-state index in [0.29, 0.717) is 0 Å². The number of alkyl halides is 12. The molecule has 0 saturated carbocycles. The Morgan fingerprint density at radius 3 is 0.750 bits per heavy atom. The lowest BCUT2D eigenvalue weighted by Gasteiger charge is -2.42. The van der Waals surface area contributed by atoms with Crippen LogP contribution in [0.15, 0.2) is 12.2 Å². The van der Waals surface area contributed by atoms with E-state index >= 15 is 0 Å². The van der Waals surface area contributed by atoms with Crippen LogP contribution in [0.1, 0.15) is 0 Å². The minimum atomic E-state index is -7.43. The van der Waals surface area contributed by atoms with Gasteiger partial charge >= 0.3 is 35.5 Å². The van der Waals surface area contributed by atoms with Crippen LogP contribution in [0.3, 0.4) is 0 Å². The Morgan fingerprint density at radius 1 is 0.350 bits per heavy atom. The fraction of sp³-hybridized carbons (Fsp3) is 0.750. The lowest BCUT2D eigenvalue weighted by atomic mass is 9.88. The van der Waals surface area contributed by atoms with Crippen LogP contribution < -0.4 is 0 Å². The average Bonchev–Trinajstić information content (AvgIpc) is 2.24. The summed E-state index contributed by atoms with van der Waals surface area (Å²) in [4.78, 5) is 0. The zero-order valence-electron chi connectivity index (χ0n) is 8.69. The maximum Gasteiger partial charge on any atom is 0.385 e. The van der Waals surface area contributed by atoms with Crippen molar-refractivity contribution in [1.29, 1.82) is 0 Å². The van der Waals surface area contributed by atoms with Crippen molar-refractivity contribution in [2.45, 2.75) is 35.5 Å². The molecule has 0 spiro atoms. The van der Waals surface area contributed by atoms with Gasteiger partial charge in [-0.1, -0.05) is 0 Å². The molecule has 0 atom stereocenters. The van der Waals surface area contributed by atoms with Gasteiger partial charge in [0.15, 0.2) is 0 Å². The van der Waals surface area contributed by atoms with Crippen molar-refractivity contribution in [2.24, 2.45) is 0 Å². The van der Waals surface area contributed by atoms with Gasteiger partial charge in [-0.15, -0.1) is 0 Å². The first-order valence-corrected chi connectivity index (χ1v) is 4.43. The molecule has 0 fully saturated rings. The van der Waals surface area contributed by atoms with Gasteiger partial charge < -0.3 is 0 Å². The zero-order valence-corrected chi connectivity index (χ0v) is 8.69. The van der Waals surface area contributed by atoms with E-state index < -0.39 is 47.7 Å². The van der Waals surface area contributed by atoms with Crippen LogP contribution in [0.25, 0.3) is 0 Å². The van der Waals surface area contributed by atoms with E-state index in [2.05, 4.69) is 0 Å². The fourth-order valence-electron chi connectivity index (χ4n) is 1.23. The highest BCUT2D eigenvalue weighted by atomic mass is 19.4. The first kappa shape index (κ1) is 17.0. The predicted octanol–water partition coefficient (Wildman–Crippen LogP) is 4.37. The van der Waals surface area contributed by atoms with Gasteiger partial charge in [0.05, 0.1) is 0 Å². The highest BCUT2D eigenvalue weighted by Crippen LogP contribution is 2.61. The number of hydrogen-bond donors (Lipinski definition) is 0. The predicted molar refractivity (Wildman–Crippen MR) is 38.8 cm³/mol. The maximum atomic E-state index is 12.7. The van der Waals surface area contributed by atoms with Crippen LogP contribution in [-0.2, 0) is 0 Å². The lowest BCUT2D eigenvalue weighted by molar-refractivity contribution is -0.418. The molecule has 1 aliphatic carbocycles. The van der Waals surface area contributed by atoms with E-state index in [4.69, 9.17) is 0 Å². The average molecular weight is 326 g/mol. The number of allylic oxidation sites excluding steroid dienone is 2. The van der Waals surface area contributed by atoms with E-state index in [1.807, 2.05) is 0 Å². The molecular formula is C8H2F12. The quantitative estimate of drug-likeness (QED) is 0.458. The molecule has 0 N–H and O–H groups in total. The fourth-order valence-corrected chi connectivity index (χ4v) is 1.23. The van der Waals surface area contributed by atoms with E-state index in [-0.39, 0.29) is 0 Å². The first-order valence-electron chi connectivity index (χ1n) is 4.43. The highest BCUT2D eigenvalue weighted by molar-refractivity contribution is 5.23. The van der Waals surface area contributed by atoms with Crippen molar-refractivity contribution in [3.05, 3.63) is 12.2 Å². The molecular weight excluding hydrogens is 324 g/mol. The molecule has 0 aromatic rings. The standard InChI is InChI=1S/C8H2F12/c9-3(10)1-2-4(11,12)6(15,16)8(19,20)7(17,18)5(3,13)14/h1-2H/b2-1-. The Morgan fingerprint density at radius 2 is 0.550 bits per heavy atom. The summed E-state index contributed by atoms with van der Waals surface area (Å²) in [6, 6.07) is 0. The van der Waals surface area contributed by atoms with Gasteiger partial charge in [-0.25, -0.2) is 0 Å². The maximum absolute atomic E-state index is 12.7. The van der Waals surface area contributed by atoms with Gasteiger partial charge in [0, 0.05) is 0 Å². The van der Waals surface area contributed by atoms with E-state index in [1.54, 1.807) is 0 Å². The summed E-state index contributed by atoms with van der Waals surface area (Å²) in [7, 11) is 0. The van der Waals surface area contributed by atoms with Gasteiger partial charge in [0.25, 0.3) is 0 Å². The summed E-state index contributed by atoms with van der Waals surface area (Å²) in [5.41, 5.74) is 0. The topological polar surface area (TPSA) is 0 Å². The normalized spacial score (nSPS) is 33.8. The molecule has 1 aliphatic rings. The third kappa shape index (κ3) is 1.65. The van der Waals surface area contributed by atoms with Crippen LogP contribution in [-0.4, -0.2) is 35.5 Å². The second-order valence-corrected chi connectivity index (χ2v) is 3.88. The van der Waals surface area contributed by atoms with Crippen molar-refractivity contribution in [2.75, 3.05) is 0 Å². The van der Waals surface area contributed by atoms with Crippen LogP contribution in [0.5, 0.6) is 0 Å². The Hall–Kier alpha value is -1.10. The number of rotatable bonds is 0. The van der Waals surface area contributed by atoms with Gasteiger partial charge in [-0.3, -0.25) is 0 Å². The molecule has 0 amide bonds. The SMILES string of the molecule is FC1(F)/C=C\C(F)(F)C(F)(F)C(F)(F)C(F)(F)C1(F)F. The van der Waals surface area contributed by atoms with Gasteiger partial charge in [0.2, 0.25) is 0 Å². The first-order chi connectivity index (χ1) is 8.46. The summed E-state index contributed by atoms with van der Waals surface area (Å²) in [5, 5.41) is 0. The summed E-state index contributed by atoms with van der Waals surface area (Å²) in [6.07, 6.45) is -3.30. The molecule has 0 radical (unpaired) electrons. The largest absolute Gasteiger partial charge is 0.385 e. The van der Waals surface area contributed by atoms with Crippen molar-refractivity contribution < 1.29 is 52.7 Å². The Balaban J connectivity index is 3.76. The van der Waals surface area contributed by atoms with Crippen molar-refractivity contribution in [3.63, 3.8) is 0 Å². The van der Waals surface area contributed by atoms with E-state index in [9.17, 15) is 52.7 Å². The Bertz CT molecular complexity index is 391. The summed E-state index contributed by atoms with van der Waals surface area (Å²) in [5.74, 6) is -41.3. The van der Waals surface area contributed by atoms with Crippen LogP contribution in [0, 0.1) is 0 Å². The van der Waals surface area contributed by atoms with Crippen molar-refractivity contribution >= 4 is 0 Å². The molecule has 0 aromatic heterocycles. The molecule has 20 heavy (non-hydrogen) atoms. The molecule has 0 heterocycles. The molecule has 0 aliphatic heterocycles. The van der Waals surface area contributed by atoms with Crippen LogP contribution in [0.2, 0.25) is 0 Å². The monoisotopic (exact) mass is 326 g/mol. The Labute approximate surface area is 102 Å². The lowest BCUT2D eigenvalue weighted by Crippen LogP contribution is -2.71. The second-order valence-electron chi connectivity index (χ2n) is 3.88. The van der Waals surface area contributed by atoms with E-state index in [0.717, 1.165) is 0 Å². The summed E-state index contributed by atoms with van der Waals surface area (Å²) < 4.78 is 152. The minimum absolute atomic E-state index is 1.65. The van der Waals surface area contributed by atoms with Crippen LogP contribution >= 0.6 is 0 Å². The van der Waals surface area contributed by atoms with Gasteiger partial charge in [-0.05, 0) is 12.2 Å². The third-order valence-electron chi connectivity index (χ3n) is 2.52. The molecule has 1 rings (SSSR count). The summed E-state index contributed by atoms with van der Waals surface area (Å²) >= 11 is 0. The van der Waals surface area contributed by atoms with Crippen LogP contribution in [0.4, 0.5) is 52.7 Å². The Kier molecular flexibility index (Phi) is 3.18. The molecule has 0 nitrogen and oxygen atoms in total. The smallest absolute Gasteiger partial charge is 0.195 e. The molecule has 118 valence electrons. The van der Waals surface area contributed by atoms with E-state index in [1.165, 1.54) is 0 Å².